The van der Waals surface area contributed by atoms with Crippen LogP contribution in [0, 0.1) is 0 Å². The summed E-state index contributed by atoms with van der Waals surface area (Å²) in [7, 11) is 0. The molecule has 8 heteroatoms. The molecule has 0 saturated heterocycles. The largest absolute Gasteiger partial charge is 0.328 e. The fourth-order valence-corrected chi connectivity index (χ4v) is 2.39. The third kappa shape index (κ3) is 4.91. The molecular weight excluding hydrogens is 351 g/mol. The molecule has 126 valence electrons. The molecule has 1 aromatic heterocycles. The van der Waals surface area contributed by atoms with Crippen molar-refractivity contribution < 1.29 is 9.59 Å². The number of hydrogen-bond acceptors (Lipinski definition) is 4. The lowest BCUT2D eigenvalue weighted by atomic mass is 10.3. The predicted molar refractivity (Wildman–Crippen MR) is 93.3 cm³/mol. The van der Waals surface area contributed by atoms with Gasteiger partial charge in [0.2, 0.25) is 5.91 Å². The maximum Gasteiger partial charge on any atom is 0.274 e. The molecule has 2 amide bonds. The number of carbonyl (C=O) groups is 2. The van der Waals surface area contributed by atoms with E-state index in [-0.39, 0.29) is 24.1 Å². The average Bonchev–Trinajstić information content (AvgIpc) is 2.58. The van der Waals surface area contributed by atoms with Crippen molar-refractivity contribution in [2.45, 2.75) is 13.3 Å². The van der Waals surface area contributed by atoms with Gasteiger partial charge in [0.15, 0.2) is 0 Å². The molecule has 0 aliphatic heterocycles. The molecule has 0 aliphatic carbocycles. The molecule has 0 atom stereocenters. The number of aromatic nitrogens is 2. The highest BCUT2D eigenvalue weighted by Crippen LogP contribution is 2.25. The van der Waals surface area contributed by atoms with Gasteiger partial charge in [-0.3, -0.25) is 14.6 Å². The van der Waals surface area contributed by atoms with Gasteiger partial charge in [-0.25, -0.2) is 4.98 Å². The molecule has 0 aliphatic rings. The van der Waals surface area contributed by atoms with Gasteiger partial charge in [0.1, 0.15) is 12.2 Å². The van der Waals surface area contributed by atoms with Crippen LogP contribution in [0.5, 0.6) is 0 Å². The average molecular weight is 367 g/mol. The molecule has 1 aromatic carbocycles. The number of halogens is 2. The number of nitrogens with one attached hydrogen (secondary N) is 1. The fraction of sp³-hybridized carbons (Fsp3) is 0.250. The van der Waals surface area contributed by atoms with E-state index in [9.17, 15) is 9.59 Å². The number of rotatable bonds is 6. The molecular formula is C16H16Cl2N4O2. The van der Waals surface area contributed by atoms with Crippen molar-refractivity contribution >= 4 is 40.7 Å². The van der Waals surface area contributed by atoms with Crippen molar-refractivity contribution in [3.05, 3.63) is 52.5 Å². The maximum atomic E-state index is 12.4. The normalized spacial score (nSPS) is 10.3. The monoisotopic (exact) mass is 366 g/mol. The van der Waals surface area contributed by atoms with Crippen LogP contribution in [0.15, 0.2) is 36.8 Å². The molecule has 0 radical (unpaired) electrons. The Labute approximate surface area is 149 Å². The summed E-state index contributed by atoms with van der Waals surface area (Å²) in [6.07, 6.45) is 4.99. The van der Waals surface area contributed by atoms with Gasteiger partial charge in [0, 0.05) is 24.0 Å². The minimum absolute atomic E-state index is 0.119. The van der Waals surface area contributed by atoms with Gasteiger partial charge in [-0.05, 0) is 24.6 Å². The van der Waals surface area contributed by atoms with E-state index >= 15 is 0 Å². The predicted octanol–water partition coefficient (Wildman–Crippen LogP) is 3.27. The molecule has 1 heterocycles. The van der Waals surface area contributed by atoms with Gasteiger partial charge in [-0.2, -0.15) is 0 Å². The molecule has 0 unspecified atom stereocenters. The highest BCUT2D eigenvalue weighted by Gasteiger charge is 2.20. The summed E-state index contributed by atoms with van der Waals surface area (Å²) in [4.78, 5) is 34.0. The number of carbonyl (C=O) groups excluding carboxylic acids is 2. The topological polar surface area (TPSA) is 75.2 Å². The lowest BCUT2D eigenvalue weighted by Gasteiger charge is -2.21. The Morgan fingerprint density at radius 3 is 2.71 bits per heavy atom. The summed E-state index contributed by atoms with van der Waals surface area (Å²) in [6, 6.07) is 4.77. The Balaban J connectivity index is 2.08. The summed E-state index contributed by atoms with van der Waals surface area (Å²) in [6.45, 7) is 2.22. The quantitative estimate of drug-likeness (QED) is 0.850. The summed E-state index contributed by atoms with van der Waals surface area (Å²) in [5, 5.41) is 3.49. The molecule has 0 bridgehead atoms. The second kappa shape index (κ2) is 8.61. The molecule has 2 rings (SSSR count). The van der Waals surface area contributed by atoms with Crippen molar-refractivity contribution in [2.75, 3.05) is 18.4 Å². The number of amides is 2. The Hall–Kier alpha value is -2.18. The Morgan fingerprint density at radius 2 is 2.04 bits per heavy atom. The van der Waals surface area contributed by atoms with Crippen LogP contribution in [0.3, 0.4) is 0 Å². The smallest absolute Gasteiger partial charge is 0.274 e. The Kier molecular flexibility index (Phi) is 6.52. The van der Waals surface area contributed by atoms with Crippen molar-refractivity contribution in [1.29, 1.82) is 0 Å². The molecule has 0 saturated carbocycles. The zero-order valence-corrected chi connectivity index (χ0v) is 14.5. The van der Waals surface area contributed by atoms with Gasteiger partial charge in [-0.15, -0.1) is 0 Å². The lowest BCUT2D eigenvalue weighted by molar-refractivity contribution is -0.116. The molecule has 0 fully saturated rings. The number of anilines is 1. The second-order valence-corrected chi connectivity index (χ2v) is 5.83. The van der Waals surface area contributed by atoms with Crippen LogP contribution in [0.25, 0.3) is 0 Å². The molecule has 0 spiro atoms. The summed E-state index contributed by atoms with van der Waals surface area (Å²) >= 11 is 11.9. The van der Waals surface area contributed by atoms with E-state index in [1.54, 1.807) is 18.2 Å². The van der Waals surface area contributed by atoms with Crippen LogP contribution in [0.1, 0.15) is 23.8 Å². The van der Waals surface area contributed by atoms with Crippen molar-refractivity contribution in [1.82, 2.24) is 14.9 Å². The van der Waals surface area contributed by atoms with Gasteiger partial charge in [0.25, 0.3) is 5.91 Å². The highest BCUT2D eigenvalue weighted by atomic mass is 35.5. The standard InChI is InChI=1S/C16H16Cl2N4O2/c1-2-7-22(16(24)14-9-19-5-6-20-14)10-15(23)21-13-8-11(17)3-4-12(13)18/h3-6,8-9H,2,7,10H2,1H3,(H,21,23). The summed E-state index contributed by atoms with van der Waals surface area (Å²) in [5.74, 6) is -0.720. The van der Waals surface area contributed by atoms with E-state index in [2.05, 4.69) is 15.3 Å². The van der Waals surface area contributed by atoms with E-state index in [4.69, 9.17) is 23.2 Å². The molecule has 6 nitrogen and oxygen atoms in total. The van der Waals surface area contributed by atoms with Crippen LogP contribution in [-0.2, 0) is 4.79 Å². The first kappa shape index (κ1) is 18.2. The third-order valence-corrected chi connectivity index (χ3v) is 3.66. The second-order valence-electron chi connectivity index (χ2n) is 4.99. The van der Waals surface area contributed by atoms with Crippen LogP contribution in [-0.4, -0.2) is 39.8 Å². The van der Waals surface area contributed by atoms with E-state index in [1.807, 2.05) is 6.92 Å². The van der Waals surface area contributed by atoms with Gasteiger partial charge >= 0.3 is 0 Å². The molecule has 1 N–H and O–H groups in total. The zero-order valence-electron chi connectivity index (χ0n) is 13.0. The van der Waals surface area contributed by atoms with E-state index in [1.165, 1.54) is 23.5 Å². The van der Waals surface area contributed by atoms with Crippen LogP contribution < -0.4 is 5.32 Å². The van der Waals surface area contributed by atoms with E-state index in [0.717, 1.165) is 0 Å². The summed E-state index contributed by atoms with van der Waals surface area (Å²) in [5.41, 5.74) is 0.595. The maximum absolute atomic E-state index is 12.4. The van der Waals surface area contributed by atoms with Crippen molar-refractivity contribution in [3.8, 4) is 0 Å². The van der Waals surface area contributed by atoms with E-state index < -0.39 is 0 Å². The minimum atomic E-state index is -0.371. The highest BCUT2D eigenvalue weighted by molar-refractivity contribution is 6.35. The van der Waals surface area contributed by atoms with Crippen molar-refractivity contribution in [3.63, 3.8) is 0 Å². The van der Waals surface area contributed by atoms with Crippen molar-refractivity contribution in [2.24, 2.45) is 0 Å². The number of benzene rings is 1. The third-order valence-electron chi connectivity index (χ3n) is 3.10. The lowest BCUT2D eigenvalue weighted by Crippen LogP contribution is -2.39. The molecule has 2 aromatic rings. The summed E-state index contributed by atoms with van der Waals surface area (Å²) < 4.78 is 0. The Bertz CT molecular complexity index is 725. The number of nitrogens with zero attached hydrogens (tertiary/aromatic N) is 3. The zero-order chi connectivity index (χ0) is 17.5. The Morgan fingerprint density at radius 1 is 1.25 bits per heavy atom. The first-order chi connectivity index (χ1) is 11.5. The van der Waals surface area contributed by atoms with Gasteiger partial charge < -0.3 is 10.2 Å². The fourth-order valence-electron chi connectivity index (χ4n) is 2.05. The minimum Gasteiger partial charge on any atom is -0.328 e. The van der Waals surface area contributed by atoms with Crippen LogP contribution >= 0.6 is 23.2 Å². The number of hydrogen-bond donors (Lipinski definition) is 1. The SMILES string of the molecule is CCCN(CC(=O)Nc1cc(Cl)ccc1Cl)C(=O)c1cnccn1. The van der Waals surface area contributed by atoms with Gasteiger partial charge in [0.05, 0.1) is 16.9 Å². The van der Waals surface area contributed by atoms with Gasteiger partial charge in [-0.1, -0.05) is 30.1 Å². The van der Waals surface area contributed by atoms with E-state index in [0.29, 0.717) is 28.7 Å². The first-order valence-electron chi connectivity index (χ1n) is 7.31. The first-order valence-corrected chi connectivity index (χ1v) is 8.07. The molecule has 24 heavy (non-hydrogen) atoms. The van der Waals surface area contributed by atoms with Crippen LogP contribution in [0.4, 0.5) is 5.69 Å². The van der Waals surface area contributed by atoms with Crippen LogP contribution in [0.2, 0.25) is 10.0 Å².